The van der Waals surface area contributed by atoms with E-state index in [0.717, 1.165) is 32.1 Å². The Morgan fingerprint density at radius 3 is 2.57 bits per heavy atom. The number of rotatable bonds is 8. The van der Waals surface area contributed by atoms with E-state index in [-0.39, 0.29) is 18.4 Å². The maximum absolute atomic E-state index is 14.1. The first-order valence-corrected chi connectivity index (χ1v) is 13.4. The van der Waals surface area contributed by atoms with Gasteiger partial charge in [-0.25, -0.2) is 0 Å². The Bertz CT molecular complexity index is 872. The van der Waals surface area contributed by atoms with Crippen LogP contribution in [0.4, 0.5) is 0 Å². The number of cyclic esters (lactones) is 1. The van der Waals surface area contributed by atoms with E-state index in [4.69, 9.17) is 9.47 Å². The van der Waals surface area contributed by atoms with Gasteiger partial charge in [0.05, 0.1) is 12.5 Å². The monoisotopic (exact) mass is 488 g/mol. The third kappa shape index (κ3) is 4.44. The zero-order valence-electron chi connectivity index (χ0n) is 21.1. The van der Waals surface area contributed by atoms with Crippen LogP contribution in [0.15, 0.2) is 24.3 Å². The zero-order chi connectivity index (χ0) is 25.1. The molecule has 0 bridgehead atoms. The molecule has 35 heavy (non-hydrogen) atoms. The molecule has 4 aliphatic heterocycles. The SMILES string of the molecule is CCCCN1CC=C[C@]23O[C@]4(CC)/C=C\CCCCOC(=O)[C@@H]4[C@H]2C(=O)N(CCCCO)C3C1=O. The summed E-state index contributed by atoms with van der Waals surface area (Å²) in [6.45, 7) is 5.79. The van der Waals surface area contributed by atoms with Gasteiger partial charge >= 0.3 is 5.97 Å². The number of amides is 2. The number of esters is 1. The van der Waals surface area contributed by atoms with Crippen LogP contribution in [0.5, 0.6) is 0 Å². The Hall–Kier alpha value is -2.19. The average Bonchev–Trinajstić information content (AvgIpc) is 3.20. The summed E-state index contributed by atoms with van der Waals surface area (Å²) in [5.41, 5.74) is -2.24. The number of hydrogen-bond acceptors (Lipinski definition) is 6. The second kappa shape index (κ2) is 10.8. The smallest absolute Gasteiger partial charge is 0.313 e. The first kappa shape index (κ1) is 25.9. The van der Waals surface area contributed by atoms with Crippen molar-refractivity contribution in [3.05, 3.63) is 24.3 Å². The Morgan fingerprint density at radius 1 is 1.00 bits per heavy atom. The number of carbonyl (C=O) groups is 3. The lowest BCUT2D eigenvalue weighted by atomic mass is 9.73. The van der Waals surface area contributed by atoms with Gasteiger partial charge in [0.15, 0.2) is 0 Å². The quantitative estimate of drug-likeness (QED) is 0.321. The van der Waals surface area contributed by atoms with E-state index in [1.54, 1.807) is 9.80 Å². The van der Waals surface area contributed by atoms with Gasteiger partial charge in [-0.15, -0.1) is 0 Å². The number of ether oxygens (including phenoxy) is 2. The van der Waals surface area contributed by atoms with Crippen molar-refractivity contribution in [2.24, 2.45) is 11.8 Å². The number of hydrogen-bond donors (Lipinski definition) is 1. The predicted molar refractivity (Wildman–Crippen MR) is 130 cm³/mol. The summed E-state index contributed by atoms with van der Waals surface area (Å²) in [5, 5.41) is 9.31. The van der Waals surface area contributed by atoms with E-state index in [9.17, 15) is 19.5 Å². The topological polar surface area (TPSA) is 96.4 Å². The van der Waals surface area contributed by atoms with Crippen molar-refractivity contribution >= 4 is 17.8 Å². The van der Waals surface area contributed by atoms with Gasteiger partial charge in [0, 0.05) is 26.2 Å². The molecule has 0 aromatic heterocycles. The fraction of sp³-hybridized carbons (Fsp3) is 0.741. The fourth-order valence-corrected chi connectivity index (χ4v) is 6.27. The summed E-state index contributed by atoms with van der Waals surface area (Å²) in [7, 11) is 0. The van der Waals surface area contributed by atoms with Crippen molar-refractivity contribution in [1.82, 2.24) is 9.80 Å². The lowest BCUT2D eigenvalue weighted by molar-refractivity contribution is -0.161. The highest BCUT2D eigenvalue weighted by Crippen LogP contribution is 2.58. The van der Waals surface area contributed by atoms with E-state index >= 15 is 0 Å². The largest absolute Gasteiger partial charge is 0.465 e. The molecular formula is C27H40N2O6. The molecule has 5 atom stereocenters. The van der Waals surface area contributed by atoms with Gasteiger partial charge in [-0.3, -0.25) is 14.4 Å². The van der Waals surface area contributed by atoms with Crippen molar-refractivity contribution in [2.75, 3.05) is 32.8 Å². The predicted octanol–water partition coefficient (Wildman–Crippen LogP) is 2.60. The standard InChI is InChI=1S/C27H40N2O6/c1-3-5-15-28-16-12-14-27-20(23(31)29(17-9-10-18-30)22(27)24(28)32)21-25(33)34-19-11-7-6-8-13-26(21,4-2)35-27/h8,12-14,20-22,30H,3-7,9-11,15-19H2,1-2H3/b13-8-/t20-,21-,22?,26+,27-/m0/s1. The zero-order valence-corrected chi connectivity index (χ0v) is 21.1. The maximum Gasteiger partial charge on any atom is 0.313 e. The molecule has 2 fully saturated rings. The van der Waals surface area contributed by atoms with Crippen LogP contribution in [0.2, 0.25) is 0 Å². The van der Waals surface area contributed by atoms with Crippen LogP contribution < -0.4 is 0 Å². The third-order valence-corrected chi connectivity index (χ3v) is 8.06. The number of aliphatic hydroxyl groups is 1. The molecule has 1 unspecified atom stereocenters. The van der Waals surface area contributed by atoms with Crippen molar-refractivity contribution in [3.8, 4) is 0 Å². The summed E-state index contributed by atoms with van der Waals surface area (Å²) in [5.74, 6) is -2.43. The maximum atomic E-state index is 14.1. The van der Waals surface area contributed by atoms with Crippen molar-refractivity contribution in [1.29, 1.82) is 0 Å². The van der Waals surface area contributed by atoms with Crippen LogP contribution in [-0.2, 0) is 23.9 Å². The number of aliphatic hydroxyl groups excluding tert-OH is 1. The number of likely N-dealkylation sites (tertiary alicyclic amines) is 1. The van der Waals surface area contributed by atoms with E-state index in [1.807, 2.05) is 25.2 Å². The fourth-order valence-electron chi connectivity index (χ4n) is 6.27. The molecule has 0 saturated carbocycles. The number of fused-ring (bicyclic) bond motifs is 2. The lowest BCUT2D eigenvalue weighted by Gasteiger charge is -2.38. The summed E-state index contributed by atoms with van der Waals surface area (Å²) >= 11 is 0. The van der Waals surface area contributed by atoms with E-state index in [1.165, 1.54) is 0 Å². The molecule has 194 valence electrons. The molecule has 0 aromatic carbocycles. The molecule has 0 aliphatic carbocycles. The van der Waals surface area contributed by atoms with Gasteiger partial charge in [-0.2, -0.15) is 0 Å². The molecule has 2 amide bonds. The lowest BCUT2D eigenvalue weighted by Crippen LogP contribution is -2.56. The Balaban J connectivity index is 1.82. The van der Waals surface area contributed by atoms with Crippen molar-refractivity contribution in [2.45, 2.75) is 82.5 Å². The van der Waals surface area contributed by atoms with Crippen LogP contribution >= 0.6 is 0 Å². The van der Waals surface area contributed by atoms with Gasteiger partial charge in [0.25, 0.3) is 0 Å². The van der Waals surface area contributed by atoms with Crippen LogP contribution in [0.1, 0.15) is 65.2 Å². The van der Waals surface area contributed by atoms with Gasteiger partial charge in [-0.1, -0.05) is 44.6 Å². The Morgan fingerprint density at radius 2 is 1.83 bits per heavy atom. The van der Waals surface area contributed by atoms with E-state index < -0.39 is 35.0 Å². The number of nitrogens with zero attached hydrogens (tertiary/aromatic N) is 2. The average molecular weight is 489 g/mol. The molecule has 4 rings (SSSR count). The Kier molecular flexibility index (Phi) is 8.01. The minimum absolute atomic E-state index is 0.0208. The normalized spacial score (nSPS) is 35.9. The number of unbranched alkanes of at least 4 members (excludes halogenated alkanes) is 2. The molecular weight excluding hydrogens is 448 g/mol. The molecule has 2 saturated heterocycles. The van der Waals surface area contributed by atoms with Gasteiger partial charge < -0.3 is 24.4 Å². The third-order valence-electron chi connectivity index (χ3n) is 8.06. The van der Waals surface area contributed by atoms with E-state index in [2.05, 4.69) is 13.0 Å². The minimum atomic E-state index is -1.23. The minimum Gasteiger partial charge on any atom is -0.465 e. The van der Waals surface area contributed by atoms with E-state index in [0.29, 0.717) is 45.5 Å². The summed E-state index contributed by atoms with van der Waals surface area (Å²) in [6, 6.07) is -0.837. The molecule has 8 heteroatoms. The highest BCUT2D eigenvalue weighted by Gasteiger charge is 2.75. The summed E-state index contributed by atoms with van der Waals surface area (Å²) < 4.78 is 12.6. The molecule has 4 heterocycles. The van der Waals surface area contributed by atoms with Crippen LogP contribution in [-0.4, -0.2) is 82.8 Å². The molecule has 1 spiro atoms. The summed E-state index contributed by atoms with van der Waals surface area (Å²) in [6.07, 6.45) is 13.8. The highest BCUT2D eigenvalue weighted by molar-refractivity contribution is 5.99. The second-order valence-electron chi connectivity index (χ2n) is 10.2. The van der Waals surface area contributed by atoms with Gasteiger partial charge in [-0.05, 0) is 44.9 Å². The molecule has 0 aromatic rings. The van der Waals surface area contributed by atoms with Crippen LogP contribution in [0.25, 0.3) is 0 Å². The molecule has 4 aliphatic rings. The number of carbonyl (C=O) groups excluding carboxylic acids is 3. The van der Waals surface area contributed by atoms with Crippen molar-refractivity contribution < 1.29 is 29.0 Å². The second-order valence-corrected chi connectivity index (χ2v) is 10.2. The van der Waals surface area contributed by atoms with Gasteiger partial charge in [0.2, 0.25) is 11.8 Å². The molecule has 1 N–H and O–H groups in total. The summed E-state index contributed by atoms with van der Waals surface area (Å²) in [4.78, 5) is 45.0. The van der Waals surface area contributed by atoms with Crippen LogP contribution in [0.3, 0.4) is 0 Å². The van der Waals surface area contributed by atoms with Crippen LogP contribution in [0, 0.1) is 11.8 Å². The first-order valence-electron chi connectivity index (χ1n) is 13.4. The Labute approximate surface area is 208 Å². The molecule has 0 radical (unpaired) electrons. The van der Waals surface area contributed by atoms with Gasteiger partial charge in [0.1, 0.15) is 23.2 Å². The molecule has 8 nitrogen and oxygen atoms in total. The first-order chi connectivity index (χ1) is 17.0. The highest BCUT2D eigenvalue weighted by atomic mass is 16.6. The van der Waals surface area contributed by atoms with Crippen molar-refractivity contribution in [3.63, 3.8) is 0 Å². The number of allylic oxidation sites excluding steroid dienone is 1.